The second kappa shape index (κ2) is 3.63. The van der Waals surface area contributed by atoms with Crippen LogP contribution in [0.15, 0.2) is 18.2 Å². The van der Waals surface area contributed by atoms with Crippen LogP contribution in [0.5, 0.6) is 0 Å². The molecule has 0 saturated carbocycles. The van der Waals surface area contributed by atoms with Crippen molar-refractivity contribution in [1.29, 1.82) is 0 Å². The van der Waals surface area contributed by atoms with Crippen molar-refractivity contribution in [3.05, 3.63) is 35.1 Å². The minimum absolute atomic E-state index is 0.0255. The van der Waals surface area contributed by atoms with Gasteiger partial charge in [0, 0.05) is 5.56 Å². The molecule has 0 bridgehead atoms. The average molecular weight is 172 g/mol. The molecule has 0 aliphatic heterocycles. The second-order valence-corrected chi connectivity index (χ2v) is 2.70. The first kappa shape index (κ1) is 9.13. The number of aliphatic hydroxyl groups is 1. The molecule has 0 amide bonds. The van der Waals surface area contributed by atoms with Gasteiger partial charge in [0.2, 0.25) is 0 Å². The van der Waals surface area contributed by atoms with E-state index in [-0.39, 0.29) is 5.56 Å². The molecule has 0 fully saturated rings. The van der Waals surface area contributed by atoms with Gasteiger partial charge in [0.15, 0.2) is 0 Å². The number of aryl methyl sites for hydroxylation is 1. The van der Waals surface area contributed by atoms with Gasteiger partial charge in [0.1, 0.15) is 18.6 Å². The molecule has 0 saturated heterocycles. The Morgan fingerprint density at radius 2 is 2.17 bits per heavy atom. The van der Waals surface area contributed by atoms with E-state index in [0.29, 0.717) is 0 Å². The Bertz CT molecular complexity index is 273. The van der Waals surface area contributed by atoms with Gasteiger partial charge >= 0.3 is 0 Å². The van der Waals surface area contributed by atoms with Crippen LogP contribution in [0.2, 0.25) is 0 Å². The molecule has 3 heteroatoms. The minimum Gasteiger partial charge on any atom is -0.386 e. The highest BCUT2D eigenvalue weighted by atomic mass is 19.1. The Morgan fingerprint density at radius 3 is 2.75 bits per heavy atom. The summed E-state index contributed by atoms with van der Waals surface area (Å²) in [6.45, 7) is 0.800. The largest absolute Gasteiger partial charge is 0.386 e. The van der Waals surface area contributed by atoms with E-state index in [1.54, 1.807) is 13.0 Å². The van der Waals surface area contributed by atoms with Gasteiger partial charge in [-0.05, 0) is 13.0 Å². The normalized spacial score (nSPS) is 13.0. The van der Waals surface area contributed by atoms with Crippen LogP contribution in [0.3, 0.4) is 0 Å². The van der Waals surface area contributed by atoms with E-state index >= 15 is 0 Å². The van der Waals surface area contributed by atoms with E-state index in [1.165, 1.54) is 12.1 Å². The highest BCUT2D eigenvalue weighted by molar-refractivity contribution is 5.25. The molecule has 1 N–H and O–H groups in total. The lowest BCUT2D eigenvalue weighted by atomic mass is 10.1. The van der Waals surface area contributed by atoms with Crippen LogP contribution in [0.1, 0.15) is 17.2 Å². The first-order chi connectivity index (χ1) is 5.65. The van der Waals surface area contributed by atoms with Crippen molar-refractivity contribution in [3.63, 3.8) is 0 Å². The highest BCUT2D eigenvalue weighted by Gasteiger charge is 2.11. The Kier molecular flexibility index (Phi) is 2.76. The summed E-state index contributed by atoms with van der Waals surface area (Å²) in [7, 11) is 0. The molecule has 1 unspecified atom stereocenters. The van der Waals surface area contributed by atoms with Gasteiger partial charge in [0.25, 0.3) is 0 Å². The summed E-state index contributed by atoms with van der Waals surface area (Å²) in [5.41, 5.74) is 0.830. The van der Waals surface area contributed by atoms with Gasteiger partial charge in [-0.15, -0.1) is 0 Å². The molecule has 0 aliphatic carbocycles. The fraction of sp³-hybridized carbons (Fsp3) is 0.333. The van der Waals surface area contributed by atoms with E-state index in [0.717, 1.165) is 5.56 Å². The molecule has 0 radical (unpaired) electrons. The fourth-order valence-electron chi connectivity index (χ4n) is 1.00. The Labute approximate surface area is 69.7 Å². The number of aliphatic hydroxyl groups excluding tert-OH is 1. The third-order valence-electron chi connectivity index (χ3n) is 1.66. The summed E-state index contributed by atoms with van der Waals surface area (Å²) in [6.07, 6.45) is -1.34. The SMILES string of the molecule is Cc1ccc(F)c(C(O)CF)c1. The third kappa shape index (κ3) is 1.80. The average Bonchev–Trinajstić information content (AvgIpc) is 2.08. The Morgan fingerprint density at radius 1 is 1.50 bits per heavy atom. The zero-order chi connectivity index (χ0) is 9.14. The molecule has 66 valence electrons. The van der Waals surface area contributed by atoms with Crippen molar-refractivity contribution < 1.29 is 13.9 Å². The van der Waals surface area contributed by atoms with Crippen LogP contribution in [0.25, 0.3) is 0 Å². The van der Waals surface area contributed by atoms with Gasteiger partial charge in [-0.3, -0.25) is 0 Å². The predicted octanol–water partition coefficient (Wildman–Crippen LogP) is 2.14. The summed E-state index contributed by atoms with van der Waals surface area (Å²) in [4.78, 5) is 0. The topological polar surface area (TPSA) is 20.2 Å². The highest BCUT2D eigenvalue weighted by Crippen LogP contribution is 2.18. The lowest BCUT2D eigenvalue weighted by molar-refractivity contribution is 0.137. The summed E-state index contributed by atoms with van der Waals surface area (Å²) in [5.74, 6) is -0.564. The van der Waals surface area contributed by atoms with Gasteiger partial charge < -0.3 is 5.11 Å². The van der Waals surface area contributed by atoms with Crippen LogP contribution in [0, 0.1) is 12.7 Å². The number of hydrogen-bond acceptors (Lipinski definition) is 1. The van der Waals surface area contributed by atoms with Crippen molar-refractivity contribution in [2.24, 2.45) is 0 Å². The van der Waals surface area contributed by atoms with E-state index in [4.69, 9.17) is 5.11 Å². The standard InChI is InChI=1S/C9H10F2O/c1-6-2-3-8(11)7(4-6)9(12)5-10/h2-4,9,12H,5H2,1H3. The summed E-state index contributed by atoms with van der Waals surface area (Å²) in [6, 6.07) is 4.24. The fourth-order valence-corrected chi connectivity index (χ4v) is 1.00. The monoisotopic (exact) mass is 172 g/mol. The van der Waals surface area contributed by atoms with Crippen molar-refractivity contribution in [2.45, 2.75) is 13.0 Å². The number of alkyl halides is 1. The summed E-state index contributed by atoms with van der Waals surface area (Å²) in [5, 5.41) is 9.02. The van der Waals surface area contributed by atoms with Gasteiger partial charge in [-0.2, -0.15) is 0 Å². The van der Waals surface area contributed by atoms with Crippen LogP contribution >= 0.6 is 0 Å². The van der Waals surface area contributed by atoms with E-state index in [2.05, 4.69) is 0 Å². The lowest BCUT2D eigenvalue weighted by Crippen LogP contribution is -2.02. The Hall–Kier alpha value is -0.960. The predicted molar refractivity (Wildman–Crippen MR) is 42.1 cm³/mol. The zero-order valence-corrected chi connectivity index (χ0v) is 6.72. The van der Waals surface area contributed by atoms with Crippen LogP contribution in [-0.4, -0.2) is 11.8 Å². The Balaban J connectivity index is 3.04. The van der Waals surface area contributed by atoms with Crippen LogP contribution in [-0.2, 0) is 0 Å². The number of benzene rings is 1. The molecular formula is C9H10F2O. The zero-order valence-electron chi connectivity index (χ0n) is 6.72. The molecular weight excluding hydrogens is 162 g/mol. The van der Waals surface area contributed by atoms with Crippen molar-refractivity contribution in [2.75, 3.05) is 6.67 Å². The first-order valence-corrected chi connectivity index (χ1v) is 3.65. The van der Waals surface area contributed by atoms with E-state index < -0.39 is 18.6 Å². The summed E-state index contributed by atoms with van der Waals surface area (Å²) < 4.78 is 24.8. The van der Waals surface area contributed by atoms with Gasteiger partial charge in [-0.1, -0.05) is 17.7 Å². The maximum atomic E-state index is 12.9. The number of rotatable bonds is 2. The first-order valence-electron chi connectivity index (χ1n) is 3.65. The molecule has 1 atom stereocenters. The molecule has 1 aromatic rings. The molecule has 0 aromatic heterocycles. The van der Waals surface area contributed by atoms with Crippen molar-refractivity contribution in [3.8, 4) is 0 Å². The third-order valence-corrected chi connectivity index (χ3v) is 1.66. The smallest absolute Gasteiger partial charge is 0.129 e. The van der Waals surface area contributed by atoms with Crippen LogP contribution in [0.4, 0.5) is 8.78 Å². The van der Waals surface area contributed by atoms with Gasteiger partial charge in [0.05, 0.1) is 0 Å². The maximum absolute atomic E-state index is 12.9. The van der Waals surface area contributed by atoms with E-state index in [9.17, 15) is 8.78 Å². The van der Waals surface area contributed by atoms with Gasteiger partial charge in [-0.25, -0.2) is 8.78 Å². The molecule has 0 heterocycles. The van der Waals surface area contributed by atoms with Crippen molar-refractivity contribution >= 4 is 0 Å². The van der Waals surface area contributed by atoms with Crippen LogP contribution < -0.4 is 0 Å². The van der Waals surface area contributed by atoms with E-state index in [1.807, 2.05) is 0 Å². The molecule has 1 aromatic carbocycles. The molecule has 0 spiro atoms. The molecule has 1 rings (SSSR count). The van der Waals surface area contributed by atoms with Crippen molar-refractivity contribution in [1.82, 2.24) is 0 Å². The molecule has 0 aliphatic rings. The molecule has 12 heavy (non-hydrogen) atoms. The number of hydrogen-bond donors (Lipinski definition) is 1. The summed E-state index contributed by atoms with van der Waals surface area (Å²) >= 11 is 0. The molecule has 1 nitrogen and oxygen atoms in total. The lowest BCUT2D eigenvalue weighted by Gasteiger charge is -2.07. The maximum Gasteiger partial charge on any atom is 0.129 e. The quantitative estimate of drug-likeness (QED) is 0.724. The number of halogens is 2. The second-order valence-electron chi connectivity index (χ2n) is 2.70. The minimum atomic E-state index is -1.34.